The highest BCUT2D eigenvalue weighted by molar-refractivity contribution is 6.31. The topological polar surface area (TPSA) is 38.5 Å². The van der Waals surface area contributed by atoms with E-state index < -0.39 is 0 Å². The zero-order valence-corrected chi connectivity index (χ0v) is 12.0. The average molecular weight is 271 g/mol. The van der Waals surface area contributed by atoms with Gasteiger partial charge in [-0.2, -0.15) is 0 Å². The summed E-state index contributed by atoms with van der Waals surface area (Å²) in [5.41, 5.74) is 6.67. The molecule has 0 aromatic heterocycles. The van der Waals surface area contributed by atoms with E-state index in [1.807, 2.05) is 12.2 Å². The average Bonchev–Trinajstić information content (AvgIpc) is 2.44. The lowest BCUT2D eigenvalue weighted by atomic mass is 9.84. The highest BCUT2D eigenvalue weighted by atomic mass is 35.5. The Morgan fingerprint density at radius 1 is 1.44 bits per heavy atom. The molecule has 0 aromatic carbocycles. The Hall–Kier alpha value is -0.610. The lowest BCUT2D eigenvalue weighted by Crippen LogP contribution is -2.47. The standard InChI is InChI=1S/C14H23ClN2O/c1-4-13(15)6-5-12(2)14(18-3)7-9-17(11-16)10-8-14/h4-6H,1,7-11,16H2,2-3H3/b12-5+,13-6+. The van der Waals surface area contributed by atoms with E-state index >= 15 is 0 Å². The molecule has 0 amide bonds. The minimum Gasteiger partial charge on any atom is -0.374 e. The summed E-state index contributed by atoms with van der Waals surface area (Å²) in [6.45, 7) is 8.27. The summed E-state index contributed by atoms with van der Waals surface area (Å²) in [6.07, 6.45) is 7.43. The van der Waals surface area contributed by atoms with Crippen molar-refractivity contribution in [2.75, 3.05) is 26.9 Å². The molecule has 0 saturated carbocycles. The number of rotatable bonds is 5. The Balaban J connectivity index is 2.79. The molecule has 0 unspecified atom stereocenters. The minimum atomic E-state index is -0.180. The first-order valence-electron chi connectivity index (χ1n) is 6.22. The second kappa shape index (κ2) is 7.10. The van der Waals surface area contributed by atoms with E-state index in [-0.39, 0.29) is 5.60 Å². The fraction of sp³-hybridized carbons (Fsp3) is 0.571. The van der Waals surface area contributed by atoms with Crippen LogP contribution in [0.15, 0.2) is 35.4 Å². The molecule has 4 heteroatoms. The van der Waals surface area contributed by atoms with Gasteiger partial charge in [-0.05, 0) is 31.4 Å². The summed E-state index contributed by atoms with van der Waals surface area (Å²) in [7, 11) is 1.77. The molecule has 1 aliphatic rings. The molecule has 0 aliphatic carbocycles. The van der Waals surface area contributed by atoms with Crippen LogP contribution in [0.4, 0.5) is 0 Å². The number of ether oxygens (including phenoxy) is 1. The van der Waals surface area contributed by atoms with E-state index in [1.54, 1.807) is 13.2 Å². The maximum absolute atomic E-state index is 5.92. The van der Waals surface area contributed by atoms with Gasteiger partial charge in [-0.15, -0.1) is 0 Å². The number of methoxy groups -OCH3 is 1. The monoisotopic (exact) mass is 270 g/mol. The molecule has 1 fully saturated rings. The highest BCUT2D eigenvalue weighted by Gasteiger charge is 2.35. The van der Waals surface area contributed by atoms with Crippen molar-refractivity contribution in [3.8, 4) is 0 Å². The molecule has 18 heavy (non-hydrogen) atoms. The Morgan fingerprint density at radius 3 is 2.50 bits per heavy atom. The fourth-order valence-corrected chi connectivity index (χ4v) is 2.34. The van der Waals surface area contributed by atoms with Crippen molar-refractivity contribution < 1.29 is 4.74 Å². The van der Waals surface area contributed by atoms with Crippen molar-refractivity contribution in [3.63, 3.8) is 0 Å². The summed E-state index contributed by atoms with van der Waals surface area (Å²) < 4.78 is 5.77. The normalized spacial score (nSPS) is 22.0. The molecular weight excluding hydrogens is 248 g/mol. The SMILES string of the molecule is C=C/C(Cl)=C\C=C(/C)C1(OC)CCN(CN)CC1. The molecule has 0 bridgehead atoms. The fourth-order valence-electron chi connectivity index (χ4n) is 2.28. The van der Waals surface area contributed by atoms with Crippen LogP contribution in [0.25, 0.3) is 0 Å². The minimum absolute atomic E-state index is 0.180. The van der Waals surface area contributed by atoms with Crippen LogP contribution in [0.2, 0.25) is 0 Å². The van der Waals surface area contributed by atoms with Crippen LogP contribution in [-0.4, -0.2) is 37.4 Å². The molecular formula is C14H23ClN2O. The smallest absolute Gasteiger partial charge is 0.0912 e. The molecule has 0 aromatic rings. The predicted molar refractivity (Wildman–Crippen MR) is 77.5 cm³/mol. The lowest BCUT2D eigenvalue weighted by molar-refractivity contribution is -0.0281. The van der Waals surface area contributed by atoms with Crippen molar-refractivity contribution in [1.29, 1.82) is 0 Å². The van der Waals surface area contributed by atoms with E-state index in [2.05, 4.69) is 18.4 Å². The van der Waals surface area contributed by atoms with E-state index in [1.165, 1.54) is 5.57 Å². The summed E-state index contributed by atoms with van der Waals surface area (Å²) in [5.74, 6) is 0. The van der Waals surface area contributed by atoms with Crippen molar-refractivity contribution in [2.24, 2.45) is 5.73 Å². The Bertz CT molecular complexity index is 342. The van der Waals surface area contributed by atoms with Gasteiger partial charge in [0.25, 0.3) is 0 Å². The third kappa shape index (κ3) is 3.69. The van der Waals surface area contributed by atoms with Crippen LogP contribution in [0.1, 0.15) is 19.8 Å². The number of nitrogens with two attached hydrogens (primary N) is 1. The van der Waals surface area contributed by atoms with Gasteiger partial charge in [0, 0.05) is 31.9 Å². The zero-order chi connectivity index (χ0) is 13.6. The Morgan fingerprint density at radius 2 is 2.06 bits per heavy atom. The first-order chi connectivity index (χ1) is 8.57. The number of nitrogens with zero attached hydrogens (tertiary/aromatic N) is 1. The number of likely N-dealkylation sites (tertiary alicyclic amines) is 1. The van der Waals surface area contributed by atoms with Gasteiger partial charge in [0.15, 0.2) is 0 Å². The second-order valence-corrected chi connectivity index (χ2v) is 5.04. The van der Waals surface area contributed by atoms with Crippen LogP contribution in [0.5, 0.6) is 0 Å². The third-order valence-corrected chi connectivity index (χ3v) is 4.00. The largest absolute Gasteiger partial charge is 0.374 e. The Kier molecular flexibility index (Phi) is 6.09. The summed E-state index contributed by atoms with van der Waals surface area (Å²) in [6, 6.07) is 0. The van der Waals surface area contributed by atoms with Crippen LogP contribution in [-0.2, 0) is 4.74 Å². The van der Waals surface area contributed by atoms with Gasteiger partial charge in [-0.3, -0.25) is 4.90 Å². The van der Waals surface area contributed by atoms with Crippen LogP contribution in [0.3, 0.4) is 0 Å². The maximum Gasteiger partial charge on any atom is 0.0912 e. The van der Waals surface area contributed by atoms with Crippen molar-refractivity contribution in [1.82, 2.24) is 4.90 Å². The quantitative estimate of drug-likeness (QED) is 0.781. The van der Waals surface area contributed by atoms with Gasteiger partial charge in [0.2, 0.25) is 0 Å². The molecule has 2 N–H and O–H groups in total. The number of piperidine rings is 1. The van der Waals surface area contributed by atoms with Crippen LogP contribution in [0, 0.1) is 0 Å². The van der Waals surface area contributed by atoms with Gasteiger partial charge in [0.05, 0.1) is 5.60 Å². The first kappa shape index (κ1) is 15.4. The van der Waals surface area contributed by atoms with Crippen molar-refractivity contribution in [3.05, 3.63) is 35.4 Å². The van der Waals surface area contributed by atoms with Crippen LogP contribution >= 0.6 is 11.6 Å². The van der Waals surface area contributed by atoms with E-state index in [0.29, 0.717) is 11.7 Å². The molecule has 3 nitrogen and oxygen atoms in total. The highest BCUT2D eigenvalue weighted by Crippen LogP contribution is 2.32. The van der Waals surface area contributed by atoms with Gasteiger partial charge < -0.3 is 10.5 Å². The van der Waals surface area contributed by atoms with E-state index in [9.17, 15) is 0 Å². The van der Waals surface area contributed by atoms with Gasteiger partial charge in [0.1, 0.15) is 0 Å². The molecule has 1 heterocycles. The third-order valence-electron chi connectivity index (χ3n) is 3.72. The van der Waals surface area contributed by atoms with Crippen LogP contribution < -0.4 is 5.73 Å². The number of allylic oxidation sites excluding steroid dienone is 4. The van der Waals surface area contributed by atoms with Crippen molar-refractivity contribution in [2.45, 2.75) is 25.4 Å². The lowest BCUT2D eigenvalue weighted by Gasteiger charge is -2.41. The van der Waals surface area contributed by atoms with Crippen molar-refractivity contribution >= 4 is 11.6 Å². The molecule has 0 atom stereocenters. The predicted octanol–water partition coefficient (Wildman–Crippen LogP) is 2.64. The molecule has 0 spiro atoms. The molecule has 0 radical (unpaired) electrons. The van der Waals surface area contributed by atoms with E-state index in [0.717, 1.165) is 25.9 Å². The second-order valence-electron chi connectivity index (χ2n) is 4.60. The molecule has 1 aliphatic heterocycles. The van der Waals surface area contributed by atoms with Gasteiger partial charge in [-0.25, -0.2) is 0 Å². The molecule has 1 saturated heterocycles. The Labute approximate surface area is 115 Å². The maximum atomic E-state index is 5.92. The molecule has 1 rings (SSSR count). The zero-order valence-electron chi connectivity index (χ0n) is 11.3. The van der Waals surface area contributed by atoms with Gasteiger partial charge in [-0.1, -0.05) is 30.3 Å². The summed E-state index contributed by atoms with van der Waals surface area (Å²) >= 11 is 5.92. The van der Waals surface area contributed by atoms with E-state index in [4.69, 9.17) is 22.1 Å². The first-order valence-corrected chi connectivity index (χ1v) is 6.60. The number of hydrogen-bond donors (Lipinski definition) is 1. The summed E-state index contributed by atoms with van der Waals surface area (Å²) in [5, 5.41) is 0.639. The summed E-state index contributed by atoms with van der Waals surface area (Å²) in [4.78, 5) is 2.23. The van der Waals surface area contributed by atoms with Gasteiger partial charge >= 0.3 is 0 Å². The molecule has 102 valence electrons. The number of halogens is 1. The number of hydrogen-bond acceptors (Lipinski definition) is 3.